The number of carbonyl (C=O) groups excluding carboxylic acids is 1. The summed E-state index contributed by atoms with van der Waals surface area (Å²) in [6.07, 6.45) is 0. The molecule has 1 atom stereocenters. The molecule has 0 aliphatic rings. The van der Waals surface area contributed by atoms with Crippen molar-refractivity contribution in [1.82, 2.24) is 20.1 Å². The molecular weight excluding hydrogens is 404 g/mol. The van der Waals surface area contributed by atoms with Crippen molar-refractivity contribution in [2.75, 3.05) is 0 Å². The number of hydrogen-bond donors (Lipinski definition) is 1. The summed E-state index contributed by atoms with van der Waals surface area (Å²) in [4.78, 5) is 12.7. The summed E-state index contributed by atoms with van der Waals surface area (Å²) < 4.78 is 2.08. The smallest absolute Gasteiger partial charge is 0.251 e. The van der Waals surface area contributed by atoms with Crippen molar-refractivity contribution in [2.24, 2.45) is 5.92 Å². The monoisotopic (exact) mass is 428 g/mol. The number of nitrogens with one attached hydrogen (secondary N) is 1. The van der Waals surface area contributed by atoms with Crippen LogP contribution in [0.3, 0.4) is 0 Å². The highest BCUT2D eigenvalue weighted by molar-refractivity contribution is 7.98. The Bertz CT molecular complexity index is 941. The van der Waals surface area contributed by atoms with E-state index in [1.807, 2.05) is 54.6 Å². The first-order valence-electron chi connectivity index (χ1n) is 9.65. The number of benzene rings is 2. The number of amides is 1. The summed E-state index contributed by atoms with van der Waals surface area (Å²) in [5, 5.41) is 13.5. The second kappa shape index (κ2) is 9.94. The number of nitrogens with zero attached hydrogens (tertiary/aromatic N) is 3. The summed E-state index contributed by atoms with van der Waals surface area (Å²) in [7, 11) is 0. The van der Waals surface area contributed by atoms with Gasteiger partial charge in [0.25, 0.3) is 5.91 Å². The van der Waals surface area contributed by atoms with E-state index in [1.165, 1.54) is 5.56 Å². The van der Waals surface area contributed by atoms with Gasteiger partial charge in [0.15, 0.2) is 11.0 Å². The van der Waals surface area contributed by atoms with E-state index in [4.69, 9.17) is 11.6 Å². The van der Waals surface area contributed by atoms with E-state index >= 15 is 0 Å². The Morgan fingerprint density at radius 2 is 1.79 bits per heavy atom. The first-order valence-corrected chi connectivity index (χ1v) is 11.0. The fourth-order valence-corrected chi connectivity index (χ4v) is 4.10. The van der Waals surface area contributed by atoms with Crippen LogP contribution in [0.1, 0.15) is 48.6 Å². The standard InChI is InChI=1S/C22H25ClN4OS/c1-4-27-20(19(15(2)3)24-21(28)17-8-6-5-7-9-17)25-26-22(27)29-14-16-10-12-18(23)13-11-16/h5-13,15,19H,4,14H2,1-3H3,(H,24,28)/t19-/m0/s1. The molecule has 152 valence electrons. The molecule has 1 N–H and O–H groups in total. The van der Waals surface area contributed by atoms with E-state index in [9.17, 15) is 4.79 Å². The van der Waals surface area contributed by atoms with Crippen LogP contribution in [0.5, 0.6) is 0 Å². The van der Waals surface area contributed by atoms with Crippen molar-refractivity contribution in [3.63, 3.8) is 0 Å². The Hall–Kier alpha value is -2.31. The minimum absolute atomic E-state index is 0.106. The van der Waals surface area contributed by atoms with Gasteiger partial charge in [-0.05, 0) is 42.7 Å². The molecule has 0 bridgehead atoms. The van der Waals surface area contributed by atoms with E-state index in [0.29, 0.717) is 5.56 Å². The number of carbonyl (C=O) groups is 1. The molecule has 0 unspecified atom stereocenters. The molecule has 0 radical (unpaired) electrons. The van der Waals surface area contributed by atoms with E-state index in [0.717, 1.165) is 28.3 Å². The second-order valence-electron chi connectivity index (χ2n) is 7.06. The Morgan fingerprint density at radius 1 is 1.10 bits per heavy atom. The summed E-state index contributed by atoms with van der Waals surface area (Å²) in [5.74, 6) is 1.62. The van der Waals surface area contributed by atoms with Crippen LogP contribution < -0.4 is 5.32 Å². The van der Waals surface area contributed by atoms with Crippen molar-refractivity contribution in [1.29, 1.82) is 0 Å². The maximum atomic E-state index is 12.7. The van der Waals surface area contributed by atoms with Gasteiger partial charge in [0.2, 0.25) is 0 Å². The van der Waals surface area contributed by atoms with Crippen LogP contribution in [0.15, 0.2) is 59.8 Å². The fraction of sp³-hybridized carbons (Fsp3) is 0.318. The zero-order valence-electron chi connectivity index (χ0n) is 16.8. The summed E-state index contributed by atoms with van der Waals surface area (Å²) in [6, 6.07) is 16.8. The number of hydrogen-bond acceptors (Lipinski definition) is 4. The van der Waals surface area contributed by atoms with Gasteiger partial charge in [-0.15, -0.1) is 10.2 Å². The minimum Gasteiger partial charge on any atom is -0.342 e. The van der Waals surface area contributed by atoms with Gasteiger partial charge < -0.3 is 9.88 Å². The van der Waals surface area contributed by atoms with Gasteiger partial charge >= 0.3 is 0 Å². The Balaban J connectivity index is 1.78. The van der Waals surface area contributed by atoms with Gasteiger partial charge in [-0.3, -0.25) is 4.79 Å². The zero-order chi connectivity index (χ0) is 20.8. The molecule has 29 heavy (non-hydrogen) atoms. The molecular formula is C22H25ClN4OS. The first kappa shape index (κ1) is 21.4. The summed E-state index contributed by atoms with van der Waals surface area (Å²) >= 11 is 7.59. The van der Waals surface area contributed by atoms with Gasteiger partial charge in [-0.1, -0.05) is 67.5 Å². The molecule has 3 rings (SSSR count). The highest BCUT2D eigenvalue weighted by Gasteiger charge is 2.26. The summed E-state index contributed by atoms with van der Waals surface area (Å²) in [5.41, 5.74) is 1.81. The number of thioether (sulfide) groups is 1. The van der Waals surface area contributed by atoms with Crippen LogP contribution in [-0.4, -0.2) is 20.7 Å². The molecule has 2 aromatic carbocycles. The highest BCUT2D eigenvalue weighted by Crippen LogP contribution is 2.27. The predicted octanol–water partition coefficient (Wildman–Crippen LogP) is 5.37. The van der Waals surface area contributed by atoms with Gasteiger partial charge in [0.1, 0.15) is 0 Å². The molecule has 1 amide bonds. The van der Waals surface area contributed by atoms with Crippen molar-refractivity contribution < 1.29 is 4.79 Å². The van der Waals surface area contributed by atoms with E-state index in [1.54, 1.807) is 11.8 Å². The first-order chi connectivity index (χ1) is 14.0. The van der Waals surface area contributed by atoms with Crippen LogP contribution in [0.4, 0.5) is 0 Å². The van der Waals surface area contributed by atoms with Crippen molar-refractivity contribution in [2.45, 2.75) is 44.3 Å². The molecule has 0 aliphatic heterocycles. The maximum absolute atomic E-state index is 12.7. The minimum atomic E-state index is -0.222. The molecule has 7 heteroatoms. The van der Waals surface area contributed by atoms with Crippen molar-refractivity contribution in [3.8, 4) is 0 Å². The van der Waals surface area contributed by atoms with E-state index < -0.39 is 0 Å². The SMILES string of the molecule is CCn1c(SCc2ccc(Cl)cc2)nnc1[C@@H](NC(=O)c1ccccc1)C(C)C. The number of rotatable bonds is 8. The second-order valence-corrected chi connectivity index (χ2v) is 8.44. The Kier molecular flexibility index (Phi) is 7.34. The van der Waals surface area contributed by atoms with E-state index in [-0.39, 0.29) is 17.9 Å². The lowest BCUT2D eigenvalue weighted by Gasteiger charge is -2.22. The lowest BCUT2D eigenvalue weighted by molar-refractivity contribution is 0.0922. The molecule has 0 aliphatic carbocycles. The number of halogens is 1. The van der Waals surface area contributed by atoms with Gasteiger partial charge in [-0.25, -0.2) is 0 Å². The predicted molar refractivity (Wildman–Crippen MR) is 118 cm³/mol. The van der Waals surface area contributed by atoms with Crippen molar-refractivity contribution in [3.05, 3.63) is 76.6 Å². The molecule has 1 heterocycles. The third-order valence-corrected chi connectivity index (χ3v) is 5.90. The highest BCUT2D eigenvalue weighted by atomic mass is 35.5. The molecule has 0 saturated heterocycles. The van der Waals surface area contributed by atoms with Gasteiger partial charge in [0, 0.05) is 22.9 Å². The largest absolute Gasteiger partial charge is 0.342 e. The van der Waals surface area contributed by atoms with Crippen LogP contribution in [-0.2, 0) is 12.3 Å². The van der Waals surface area contributed by atoms with Gasteiger partial charge in [-0.2, -0.15) is 0 Å². The number of aromatic nitrogens is 3. The normalized spacial score (nSPS) is 12.2. The fourth-order valence-electron chi connectivity index (χ4n) is 3.01. The average molecular weight is 429 g/mol. The molecule has 3 aromatic rings. The quantitative estimate of drug-likeness (QED) is 0.490. The van der Waals surface area contributed by atoms with Crippen LogP contribution in [0, 0.1) is 5.92 Å². The summed E-state index contributed by atoms with van der Waals surface area (Å²) in [6.45, 7) is 6.95. The lowest BCUT2D eigenvalue weighted by Crippen LogP contribution is -2.33. The molecule has 0 spiro atoms. The van der Waals surface area contributed by atoms with Crippen LogP contribution >= 0.6 is 23.4 Å². The third-order valence-electron chi connectivity index (χ3n) is 4.61. The van der Waals surface area contributed by atoms with E-state index in [2.05, 4.69) is 40.9 Å². The van der Waals surface area contributed by atoms with Crippen molar-refractivity contribution >= 4 is 29.3 Å². The Labute approximate surface area is 180 Å². The lowest BCUT2D eigenvalue weighted by atomic mass is 10.0. The van der Waals surface area contributed by atoms with Gasteiger partial charge in [0.05, 0.1) is 6.04 Å². The van der Waals surface area contributed by atoms with Crippen LogP contribution in [0.2, 0.25) is 5.02 Å². The molecule has 0 fully saturated rings. The topological polar surface area (TPSA) is 59.8 Å². The molecule has 1 aromatic heterocycles. The third kappa shape index (κ3) is 5.40. The van der Waals surface area contributed by atoms with Crippen LogP contribution in [0.25, 0.3) is 0 Å². The average Bonchev–Trinajstić information content (AvgIpc) is 3.14. The molecule has 5 nitrogen and oxygen atoms in total. The maximum Gasteiger partial charge on any atom is 0.251 e. The zero-order valence-corrected chi connectivity index (χ0v) is 18.4. The Morgan fingerprint density at radius 3 is 2.41 bits per heavy atom. The molecule has 0 saturated carbocycles.